The number of hydrogen-bond acceptors (Lipinski definition) is 4. The van der Waals surface area contributed by atoms with E-state index in [0.29, 0.717) is 22.9 Å². The smallest absolute Gasteiger partial charge is 0.255 e. The predicted molar refractivity (Wildman–Crippen MR) is 95.7 cm³/mol. The third kappa shape index (κ3) is 4.26. The molecular formula is C17H12IN3O2. The van der Waals surface area contributed by atoms with Gasteiger partial charge in [0.25, 0.3) is 5.91 Å². The van der Waals surface area contributed by atoms with Crippen molar-refractivity contribution in [1.29, 1.82) is 0 Å². The van der Waals surface area contributed by atoms with E-state index in [1.54, 1.807) is 42.7 Å². The maximum Gasteiger partial charge on any atom is 0.255 e. The van der Waals surface area contributed by atoms with E-state index < -0.39 is 0 Å². The van der Waals surface area contributed by atoms with Crippen LogP contribution in [0.15, 0.2) is 67.1 Å². The Morgan fingerprint density at radius 1 is 1.09 bits per heavy atom. The highest BCUT2D eigenvalue weighted by atomic mass is 127. The maximum absolute atomic E-state index is 12.2. The lowest BCUT2D eigenvalue weighted by atomic mass is 10.2. The van der Waals surface area contributed by atoms with Crippen LogP contribution in [0, 0.1) is 3.57 Å². The van der Waals surface area contributed by atoms with E-state index in [9.17, 15) is 4.79 Å². The minimum Gasteiger partial charge on any atom is -0.438 e. The van der Waals surface area contributed by atoms with Crippen molar-refractivity contribution in [3.63, 3.8) is 0 Å². The van der Waals surface area contributed by atoms with E-state index in [-0.39, 0.29) is 5.91 Å². The summed E-state index contributed by atoms with van der Waals surface area (Å²) in [5.74, 6) is 0.895. The third-order valence-electron chi connectivity index (χ3n) is 2.96. The highest BCUT2D eigenvalue weighted by molar-refractivity contribution is 14.1. The molecule has 0 atom stereocenters. The van der Waals surface area contributed by atoms with Crippen LogP contribution in [0.5, 0.6) is 11.6 Å². The van der Waals surface area contributed by atoms with Gasteiger partial charge in [0.15, 0.2) is 0 Å². The maximum atomic E-state index is 12.2. The van der Waals surface area contributed by atoms with Gasteiger partial charge >= 0.3 is 0 Å². The lowest BCUT2D eigenvalue weighted by Gasteiger charge is -2.07. The Morgan fingerprint density at radius 3 is 2.61 bits per heavy atom. The van der Waals surface area contributed by atoms with Crippen LogP contribution in [-0.4, -0.2) is 15.9 Å². The standard InChI is InChI=1S/C17H12IN3O2/c18-13-3-1-2-12(10-13)17(22)21-14-4-6-15(7-5-14)23-16-11-19-8-9-20-16/h1-11H,(H,21,22). The van der Waals surface area contributed by atoms with Gasteiger partial charge in [-0.1, -0.05) is 6.07 Å². The van der Waals surface area contributed by atoms with Gasteiger partial charge in [-0.15, -0.1) is 0 Å². The number of nitrogens with zero attached hydrogens (tertiary/aromatic N) is 2. The second-order valence-electron chi connectivity index (χ2n) is 4.63. The Balaban J connectivity index is 1.67. The average molecular weight is 417 g/mol. The Hall–Kier alpha value is -2.48. The molecule has 1 N–H and O–H groups in total. The van der Waals surface area contributed by atoms with Crippen LogP contribution < -0.4 is 10.1 Å². The fourth-order valence-corrected chi connectivity index (χ4v) is 2.44. The van der Waals surface area contributed by atoms with E-state index in [2.05, 4.69) is 37.9 Å². The number of amides is 1. The number of aromatic nitrogens is 2. The molecule has 114 valence electrons. The van der Waals surface area contributed by atoms with Crippen molar-refractivity contribution in [3.05, 3.63) is 76.3 Å². The number of carbonyl (C=O) groups excluding carboxylic acids is 1. The van der Waals surface area contributed by atoms with Gasteiger partial charge in [0.2, 0.25) is 5.88 Å². The number of hydrogen-bond donors (Lipinski definition) is 1. The normalized spacial score (nSPS) is 10.1. The molecule has 1 amide bonds. The van der Waals surface area contributed by atoms with Crippen LogP contribution in [-0.2, 0) is 0 Å². The molecule has 0 saturated carbocycles. The minimum atomic E-state index is -0.147. The molecule has 0 fully saturated rings. The summed E-state index contributed by atoms with van der Waals surface area (Å²) >= 11 is 2.18. The van der Waals surface area contributed by atoms with Crippen molar-refractivity contribution >= 4 is 34.2 Å². The third-order valence-corrected chi connectivity index (χ3v) is 3.63. The van der Waals surface area contributed by atoms with Gasteiger partial charge in [-0.2, -0.15) is 0 Å². The van der Waals surface area contributed by atoms with Crippen molar-refractivity contribution in [3.8, 4) is 11.6 Å². The van der Waals surface area contributed by atoms with E-state index in [1.807, 2.05) is 18.2 Å². The van der Waals surface area contributed by atoms with Crippen LogP contribution in [0.3, 0.4) is 0 Å². The summed E-state index contributed by atoms with van der Waals surface area (Å²) in [5, 5.41) is 2.85. The van der Waals surface area contributed by atoms with Gasteiger partial charge in [-0.3, -0.25) is 9.78 Å². The zero-order valence-electron chi connectivity index (χ0n) is 11.9. The van der Waals surface area contributed by atoms with Gasteiger partial charge in [0.05, 0.1) is 6.20 Å². The Morgan fingerprint density at radius 2 is 1.91 bits per heavy atom. The molecule has 23 heavy (non-hydrogen) atoms. The van der Waals surface area contributed by atoms with Gasteiger partial charge < -0.3 is 10.1 Å². The second kappa shape index (κ2) is 7.19. The molecule has 3 rings (SSSR count). The Bertz CT molecular complexity index is 808. The topological polar surface area (TPSA) is 64.1 Å². The molecule has 0 bridgehead atoms. The number of ether oxygens (including phenoxy) is 1. The van der Waals surface area contributed by atoms with Crippen LogP contribution in [0.4, 0.5) is 5.69 Å². The predicted octanol–water partition coefficient (Wildman–Crippen LogP) is 4.13. The zero-order chi connectivity index (χ0) is 16.1. The Kier molecular flexibility index (Phi) is 4.82. The average Bonchev–Trinajstić information content (AvgIpc) is 2.57. The summed E-state index contributed by atoms with van der Waals surface area (Å²) in [6.07, 6.45) is 4.67. The number of anilines is 1. The molecular weight excluding hydrogens is 405 g/mol. The molecule has 5 nitrogen and oxygen atoms in total. The molecule has 2 aromatic carbocycles. The van der Waals surface area contributed by atoms with E-state index in [0.717, 1.165) is 3.57 Å². The molecule has 0 spiro atoms. The summed E-state index contributed by atoms with van der Waals surface area (Å²) in [7, 11) is 0. The van der Waals surface area contributed by atoms with Gasteiger partial charge in [0.1, 0.15) is 5.75 Å². The van der Waals surface area contributed by atoms with Gasteiger partial charge in [-0.05, 0) is 65.1 Å². The van der Waals surface area contributed by atoms with Gasteiger partial charge in [0, 0.05) is 27.2 Å². The first-order valence-corrected chi connectivity index (χ1v) is 7.89. The quantitative estimate of drug-likeness (QED) is 0.649. The Labute approximate surface area is 146 Å². The molecule has 0 aliphatic carbocycles. The SMILES string of the molecule is O=C(Nc1ccc(Oc2cnccn2)cc1)c1cccc(I)c1. The van der Waals surface area contributed by atoms with Crippen molar-refractivity contribution in [2.24, 2.45) is 0 Å². The minimum absolute atomic E-state index is 0.147. The van der Waals surface area contributed by atoms with E-state index in [4.69, 9.17) is 4.74 Å². The molecule has 0 saturated heterocycles. The molecule has 1 heterocycles. The first-order chi connectivity index (χ1) is 11.2. The highest BCUT2D eigenvalue weighted by Gasteiger charge is 2.06. The molecule has 0 radical (unpaired) electrons. The number of nitrogens with one attached hydrogen (secondary N) is 1. The summed E-state index contributed by atoms with van der Waals surface area (Å²) in [6.45, 7) is 0. The largest absolute Gasteiger partial charge is 0.438 e. The highest BCUT2D eigenvalue weighted by Crippen LogP contribution is 2.21. The lowest BCUT2D eigenvalue weighted by molar-refractivity contribution is 0.102. The first-order valence-electron chi connectivity index (χ1n) is 6.81. The van der Waals surface area contributed by atoms with Crippen molar-refractivity contribution in [2.45, 2.75) is 0 Å². The van der Waals surface area contributed by atoms with Gasteiger partial charge in [-0.25, -0.2) is 4.98 Å². The molecule has 3 aromatic rings. The number of halogens is 1. The van der Waals surface area contributed by atoms with Crippen LogP contribution >= 0.6 is 22.6 Å². The first kappa shape index (κ1) is 15.4. The van der Waals surface area contributed by atoms with Crippen molar-refractivity contribution < 1.29 is 9.53 Å². The molecule has 1 aromatic heterocycles. The number of rotatable bonds is 4. The molecule has 6 heteroatoms. The zero-order valence-corrected chi connectivity index (χ0v) is 14.1. The van der Waals surface area contributed by atoms with Crippen LogP contribution in [0.2, 0.25) is 0 Å². The van der Waals surface area contributed by atoms with Crippen molar-refractivity contribution in [1.82, 2.24) is 9.97 Å². The number of carbonyl (C=O) groups is 1. The van der Waals surface area contributed by atoms with Crippen molar-refractivity contribution in [2.75, 3.05) is 5.32 Å². The van der Waals surface area contributed by atoms with Crippen LogP contribution in [0.25, 0.3) is 0 Å². The van der Waals surface area contributed by atoms with E-state index >= 15 is 0 Å². The van der Waals surface area contributed by atoms with Crippen LogP contribution in [0.1, 0.15) is 10.4 Å². The molecule has 0 aliphatic rings. The monoisotopic (exact) mass is 417 g/mol. The summed E-state index contributed by atoms with van der Waals surface area (Å²) in [6, 6.07) is 14.5. The molecule has 0 unspecified atom stereocenters. The fourth-order valence-electron chi connectivity index (χ4n) is 1.90. The molecule has 0 aliphatic heterocycles. The second-order valence-corrected chi connectivity index (χ2v) is 5.88. The van der Waals surface area contributed by atoms with E-state index in [1.165, 1.54) is 6.20 Å². The lowest BCUT2D eigenvalue weighted by Crippen LogP contribution is -2.11. The fraction of sp³-hybridized carbons (Fsp3) is 0. The summed E-state index contributed by atoms with van der Waals surface area (Å²) in [5.41, 5.74) is 1.32. The number of benzene rings is 2. The summed E-state index contributed by atoms with van der Waals surface area (Å²) in [4.78, 5) is 20.1. The summed E-state index contributed by atoms with van der Waals surface area (Å²) < 4.78 is 6.57.